The molecule has 2 atom stereocenters. The summed E-state index contributed by atoms with van der Waals surface area (Å²) in [7, 11) is 1.83. The maximum Gasteiger partial charge on any atom is 0.290 e. The summed E-state index contributed by atoms with van der Waals surface area (Å²) in [5, 5.41) is 21.6. The quantitative estimate of drug-likeness (QED) is 0.595. The maximum atomic E-state index is 9.74. The van der Waals surface area contributed by atoms with Crippen LogP contribution in [0.15, 0.2) is 6.20 Å². The average molecular weight is 336 g/mol. The number of nitrogens with zero attached hydrogens (tertiary/aromatic N) is 5. The molecule has 4 N–H and O–H groups in total. The standard InChI is InChI=1S/C13H18N6O2.CH2O2/c1-18-11-9(2-15-18)10(14)16-12(17-11)19-3-8-4-21-7-13(8,5-19)6-20;2-1-3/h2,8,20H,3-7H2,1H3,(H2,14,16,17);1H,(H,2,3)/t8-,13-;/m0./s1. The lowest BCUT2D eigenvalue weighted by molar-refractivity contribution is -0.122. The molecule has 2 saturated heterocycles. The second-order valence-electron chi connectivity index (χ2n) is 6.13. The SMILES string of the molecule is Cn1ncc2c(N)nc(N3C[C@H]4COC[C@@]4(CO)C3)nc21.O=CO. The second-order valence-corrected chi connectivity index (χ2v) is 6.13. The molecule has 0 saturated carbocycles. The number of rotatable bonds is 2. The Morgan fingerprint density at radius 1 is 1.54 bits per heavy atom. The molecule has 2 aliphatic rings. The Balaban J connectivity index is 0.000000526. The monoisotopic (exact) mass is 336 g/mol. The molecule has 2 aromatic rings. The highest BCUT2D eigenvalue weighted by Gasteiger charge is 2.51. The summed E-state index contributed by atoms with van der Waals surface area (Å²) >= 11 is 0. The third kappa shape index (κ3) is 2.53. The number of aliphatic hydroxyl groups is 1. The minimum absolute atomic E-state index is 0.123. The van der Waals surface area contributed by atoms with Gasteiger partial charge in [-0.2, -0.15) is 15.1 Å². The van der Waals surface area contributed by atoms with Crippen LogP contribution in [0.1, 0.15) is 0 Å². The van der Waals surface area contributed by atoms with Gasteiger partial charge in [-0.3, -0.25) is 9.48 Å². The first-order chi connectivity index (χ1) is 11.5. The smallest absolute Gasteiger partial charge is 0.290 e. The summed E-state index contributed by atoms with van der Waals surface area (Å²) in [5.74, 6) is 1.36. The van der Waals surface area contributed by atoms with Gasteiger partial charge in [-0.15, -0.1) is 0 Å². The van der Waals surface area contributed by atoms with Crippen LogP contribution >= 0.6 is 0 Å². The Hall–Kier alpha value is -2.46. The molecule has 2 aliphatic heterocycles. The van der Waals surface area contributed by atoms with Crippen molar-refractivity contribution in [3.8, 4) is 0 Å². The number of ether oxygens (including phenoxy) is 1. The molecule has 4 heterocycles. The zero-order valence-electron chi connectivity index (χ0n) is 13.3. The second kappa shape index (κ2) is 6.21. The van der Waals surface area contributed by atoms with Crippen LogP contribution < -0.4 is 10.6 Å². The van der Waals surface area contributed by atoms with Gasteiger partial charge < -0.3 is 25.6 Å². The predicted molar refractivity (Wildman–Crippen MR) is 85.5 cm³/mol. The van der Waals surface area contributed by atoms with Crippen molar-refractivity contribution in [2.24, 2.45) is 18.4 Å². The largest absolute Gasteiger partial charge is 0.483 e. The number of aryl methyl sites for hydroxylation is 1. The Labute approximate surface area is 137 Å². The zero-order valence-corrected chi connectivity index (χ0v) is 13.3. The van der Waals surface area contributed by atoms with Crippen molar-refractivity contribution < 1.29 is 19.7 Å². The lowest BCUT2D eigenvalue weighted by Gasteiger charge is -2.24. The molecule has 0 spiro atoms. The van der Waals surface area contributed by atoms with E-state index in [1.807, 2.05) is 7.05 Å². The number of hydrogen-bond donors (Lipinski definition) is 3. The van der Waals surface area contributed by atoms with Crippen LogP contribution in [-0.2, 0) is 16.6 Å². The predicted octanol–water partition coefficient (Wildman–Crippen LogP) is -0.909. The van der Waals surface area contributed by atoms with Gasteiger partial charge in [0.1, 0.15) is 5.82 Å². The van der Waals surface area contributed by atoms with Crippen LogP contribution in [0.5, 0.6) is 0 Å². The molecule has 2 fully saturated rings. The van der Waals surface area contributed by atoms with Gasteiger partial charge in [-0.1, -0.05) is 0 Å². The topological polar surface area (TPSA) is 140 Å². The highest BCUT2D eigenvalue weighted by molar-refractivity contribution is 5.86. The lowest BCUT2D eigenvalue weighted by Crippen LogP contribution is -2.34. The van der Waals surface area contributed by atoms with Crippen molar-refractivity contribution in [3.63, 3.8) is 0 Å². The van der Waals surface area contributed by atoms with Crippen LogP contribution in [0.3, 0.4) is 0 Å². The number of aromatic nitrogens is 4. The van der Waals surface area contributed by atoms with Crippen molar-refractivity contribution in [1.29, 1.82) is 0 Å². The fourth-order valence-electron chi connectivity index (χ4n) is 3.38. The Morgan fingerprint density at radius 3 is 2.96 bits per heavy atom. The average Bonchev–Trinajstić information content (AvgIpc) is 3.21. The van der Waals surface area contributed by atoms with Gasteiger partial charge in [-0.05, 0) is 0 Å². The summed E-state index contributed by atoms with van der Waals surface area (Å²) in [6.45, 7) is 2.62. The van der Waals surface area contributed by atoms with Crippen molar-refractivity contribution >= 4 is 29.3 Å². The van der Waals surface area contributed by atoms with Crippen LogP contribution in [0.4, 0.5) is 11.8 Å². The molecule has 24 heavy (non-hydrogen) atoms. The molecule has 0 amide bonds. The molecular formula is C14H20N6O4. The van der Waals surface area contributed by atoms with E-state index in [4.69, 9.17) is 20.4 Å². The van der Waals surface area contributed by atoms with Crippen molar-refractivity contribution in [2.45, 2.75) is 0 Å². The Morgan fingerprint density at radius 2 is 2.29 bits per heavy atom. The number of aliphatic hydroxyl groups excluding tert-OH is 1. The molecule has 10 heteroatoms. The summed E-state index contributed by atoms with van der Waals surface area (Å²) in [5.41, 5.74) is 6.54. The van der Waals surface area contributed by atoms with E-state index in [-0.39, 0.29) is 18.5 Å². The molecule has 0 radical (unpaired) electrons. The fraction of sp³-hybridized carbons (Fsp3) is 0.571. The highest BCUT2D eigenvalue weighted by atomic mass is 16.5. The molecule has 0 unspecified atom stereocenters. The number of nitrogen functional groups attached to an aromatic ring is 1. The van der Waals surface area contributed by atoms with Crippen molar-refractivity contribution in [1.82, 2.24) is 19.7 Å². The molecule has 2 aromatic heterocycles. The Bertz CT molecular complexity index is 750. The molecule has 130 valence electrons. The van der Waals surface area contributed by atoms with Crippen molar-refractivity contribution in [3.05, 3.63) is 6.20 Å². The molecule has 10 nitrogen and oxygen atoms in total. The van der Waals surface area contributed by atoms with Crippen LogP contribution in [0.25, 0.3) is 11.0 Å². The summed E-state index contributed by atoms with van der Waals surface area (Å²) in [6, 6.07) is 0. The maximum absolute atomic E-state index is 9.74. The summed E-state index contributed by atoms with van der Waals surface area (Å²) in [6.07, 6.45) is 1.68. The van der Waals surface area contributed by atoms with Gasteiger partial charge in [0.05, 0.1) is 31.4 Å². The first-order valence-corrected chi connectivity index (χ1v) is 7.51. The van der Waals surface area contributed by atoms with E-state index in [1.54, 1.807) is 10.9 Å². The van der Waals surface area contributed by atoms with Gasteiger partial charge in [-0.25, -0.2) is 0 Å². The third-order valence-corrected chi connectivity index (χ3v) is 4.73. The first-order valence-electron chi connectivity index (χ1n) is 7.51. The van der Waals surface area contributed by atoms with Crippen molar-refractivity contribution in [2.75, 3.05) is 43.5 Å². The Kier molecular flexibility index (Phi) is 4.24. The number of nitrogens with two attached hydrogens (primary N) is 1. The molecule has 0 aliphatic carbocycles. The van der Waals surface area contributed by atoms with Gasteiger partial charge in [0.25, 0.3) is 6.47 Å². The van der Waals surface area contributed by atoms with Crippen LogP contribution in [-0.4, -0.2) is 69.3 Å². The number of fused-ring (bicyclic) bond motifs is 2. The van der Waals surface area contributed by atoms with Crippen LogP contribution in [0, 0.1) is 11.3 Å². The van der Waals surface area contributed by atoms with Gasteiger partial charge >= 0.3 is 0 Å². The van der Waals surface area contributed by atoms with E-state index in [0.29, 0.717) is 37.4 Å². The third-order valence-electron chi connectivity index (χ3n) is 4.73. The van der Waals surface area contributed by atoms with E-state index >= 15 is 0 Å². The molecule has 4 rings (SSSR count). The molecular weight excluding hydrogens is 316 g/mol. The molecule has 0 aromatic carbocycles. The lowest BCUT2D eigenvalue weighted by atomic mass is 9.82. The normalized spacial score (nSPS) is 25.4. The van der Waals surface area contributed by atoms with Gasteiger partial charge in [0.15, 0.2) is 5.65 Å². The van der Waals surface area contributed by atoms with E-state index in [9.17, 15) is 5.11 Å². The van der Waals surface area contributed by atoms with Crippen LogP contribution in [0.2, 0.25) is 0 Å². The minimum atomic E-state index is -0.250. The van der Waals surface area contributed by atoms with Gasteiger partial charge in [0, 0.05) is 31.5 Å². The molecule has 0 bridgehead atoms. The number of hydrogen-bond acceptors (Lipinski definition) is 8. The fourth-order valence-corrected chi connectivity index (χ4v) is 3.38. The first kappa shape index (κ1) is 16.4. The summed E-state index contributed by atoms with van der Waals surface area (Å²) < 4.78 is 7.22. The number of carbonyl (C=O) groups is 1. The highest BCUT2D eigenvalue weighted by Crippen LogP contribution is 2.42. The van der Waals surface area contributed by atoms with Gasteiger partial charge in [0.2, 0.25) is 5.95 Å². The van der Waals surface area contributed by atoms with E-state index in [1.165, 1.54) is 0 Å². The number of carboxylic acid groups (broad SMARTS) is 1. The van der Waals surface area contributed by atoms with E-state index < -0.39 is 0 Å². The van der Waals surface area contributed by atoms with E-state index in [2.05, 4.69) is 20.0 Å². The van der Waals surface area contributed by atoms with E-state index in [0.717, 1.165) is 17.6 Å². The summed E-state index contributed by atoms with van der Waals surface area (Å²) in [4.78, 5) is 19.4. The minimum Gasteiger partial charge on any atom is -0.483 e. The number of anilines is 2. The zero-order chi connectivity index (χ0) is 17.3.